The fraction of sp³-hybridized carbons (Fsp3) is 0.312. The topological polar surface area (TPSA) is 71.5 Å². The number of rotatable bonds is 5. The molecule has 21 heavy (non-hydrogen) atoms. The molecule has 110 valence electrons. The molecule has 1 aromatic carbocycles. The van der Waals surface area contributed by atoms with Crippen molar-refractivity contribution in [1.29, 1.82) is 0 Å². The lowest BCUT2D eigenvalue weighted by atomic mass is 10.1. The van der Waals surface area contributed by atoms with Crippen LogP contribution in [0.3, 0.4) is 0 Å². The maximum atomic E-state index is 11.5. The minimum atomic E-state index is -0.377. The monoisotopic (exact) mass is 285 g/mol. The molecular formula is C16H19N3O2. The van der Waals surface area contributed by atoms with E-state index in [0.29, 0.717) is 11.6 Å². The third-order valence-electron chi connectivity index (χ3n) is 3.84. The Morgan fingerprint density at radius 2 is 2.19 bits per heavy atom. The van der Waals surface area contributed by atoms with Gasteiger partial charge in [0.2, 0.25) is 0 Å². The number of nitrogens with zero attached hydrogens (tertiary/aromatic N) is 1. The van der Waals surface area contributed by atoms with Gasteiger partial charge in [-0.05, 0) is 30.7 Å². The Balaban J connectivity index is 1.63. The van der Waals surface area contributed by atoms with Crippen LogP contribution in [0, 0.1) is 0 Å². The summed E-state index contributed by atoms with van der Waals surface area (Å²) in [6.45, 7) is 2.51. The van der Waals surface area contributed by atoms with Crippen LogP contribution < -0.4 is 16.0 Å². The molecule has 1 aliphatic rings. The molecule has 0 spiro atoms. The van der Waals surface area contributed by atoms with E-state index in [9.17, 15) is 4.79 Å². The molecule has 3 rings (SSSR count). The number of primary amides is 1. The number of furan rings is 1. The minimum Gasteiger partial charge on any atom is -0.468 e. The van der Waals surface area contributed by atoms with E-state index in [-0.39, 0.29) is 5.91 Å². The molecule has 2 heterocycles. The second-order valence-corrected chi connectivity index (χ2v) is 5.27. The van der Waals surface area contributed by atoms with Crippen LogP contribution in [-0.4, -0.2) is 25.0 Å². The van der Waals surface area contributed by atoms with E-state index in [1.54, 1.807) is 12.3 Å². The number of hydrogen-bond acceptors (Lipinski definition) is 4. The van der Waals surface area contributed by atoms with Gasteiger partial charge < -0.3 is 20.4 Å². The largest absolute Gasteiger partial charge is 0.468 e. The second-order valence-electron chi connectivity index (χ2n) is 5.27. The van der Waals surface area contributed by atoms with Crippen molar-refractivity contribution in [2.75, 3.05) is 18.0 Å². The second kappa shape index (κ2) is 6.01. The van der Waals surface area contributed by atoms with Crippen molar-refractivity contribution in [3.05, 3.63) is 54.0 Å². The van der Waals surface area contributed by atoms with Gasteiger partial charge in [0.05, 0.1) is 18.4 Å². The summed E-state index contributed by atoms with van der Waals surface area (Å²) in [4.78, 5) is 13.7. The summed E-state index contributed by atoms with van der Waals surface area (Å²) in [6.07, 6.45) is 2.72. The van der Waals surface area contributed by atoms with Crippen molar-refractivity contribution < 1.29 is 9.21 Å². The molecule has 1 amide bonds. The number of para-hydroxylation sites is 1. The van der Waals surface area contributed by atoms with Gasteiger partial charge in [-0.2, -0.15) is 0 Å². The zero-order valence-electron chi connectivity index (χ0n) is 11.8. The predicted octanol–water partition coefficient (Wildman–Crippen LogP) is 1.75. The highest BCUT2D eigenvalue weighted by molar-refractivity contribution is 5.98. The number of benzene rings is 1. The Hall–Kier alpha value is -2.27. The third-order valence-corrected chi connectivity index (χ3v) is 3.84. The molecule has 1 saturated heterocycles. The Kier molecular flexibility index (Phi) is 3.92. The highest BCUT2D eigenvalue weighted by Gasteiger charge is 2.24. The van der Waals surface area contributed by atoms with Crippen LogP contribution in [0.5, 0.6) is 0 Å². The van der Waals surface area contributed by atoms with Crippen LogP contribution in [0.1, 0.15) is 22.5 Å². The molecule has 1 atom stereocenters. The van der Waals surface area contributed by atoms with Crippen molar-refractivity contribution >= 4 is 11.6 Å². The van der Waals surface area contributed by atoms with Crippen LogP contribution in [-0.2, 0) is 6.54 Å². The molecule has 0 bridgehead atoms. The highest BCUT2D eigenvalue weighted by Crippen LogP contribution is 2.24. The maximum absolute atomic E-state index is 11.5. The van der Waals surface area contributed by atoms with Crippen molar-refractivity contribution in [2.24, 2.45) is 5.73 Å². The molecule has 0 saturated carbocycles. The number of carbonyl (C=O) groups excluding carboxylic acids is 1. The maximum Gasteiger partial charge on any atom is 0.250 e. The smallest absolute Gasteiger partial charge is 0.250 e. The SMILES string of the molecule is NC(=O)c1ccccc1N1CCC(NCc2ccco2)C1. The third kappa shape index (κ3) is 3.08. The first-order chi connectivity index (χ1) is 10.2. The van der Waals surface area contributed by atoms with Gasteiger partial charge in [-0.3, -0.25) is 4.79 Å². The number of nitrogens with two attached hydrogens (primary N) is 1. The summed E-state index contributed by atoms with van der Waals surface area (Å²) in [7, 11) is 0. The molecule has 5 heteroatoms. The number of carbonyl (C=O) groups is 1. The summed E-state index contributed by atoms with van der Waals surface area (Å²) in [5, 5.41) is 3.48. The summed E-state index contributed by atoms with van der Waals surface area (Å²) in [5.41, 5.74) is 6.96. The Labute approximate surface area is 123 Å². The van der Waals surface area contributed by atoms with E-state index < -0.39 is 0 Å². The first-order valence-corrected chi connectivity index (χ1v) is 7.13. The van der Waals surface area contributed by atoms with Gasteiger partial charge in [0.15, 0.2) is 0 Å². The van der Waals surface area contributed by atoms with Gasteiger partial charge in [-0.1, -0.05) is 12.1 Å². The fourth-order valence-corrected chi connectivity index (χ4v) is 2.76. The fourth-order valence-electron chi connectivity index (χ4n) is 2.76. The number of amides is 1. The Morgan fingerprint density at radius 3 is 2.95 bits per heavy atom. The molecule has 3 N–H and O–H groups in total. The van der Waals surface area contributed by atoms with Crippen LogP contribution in [0.4, 0.5) is 5.69 Å². The zero-order valence-corrected chi connectivity index (χ0v) is 11.8. The Bertz CT molecular complexity index is 610. The lowest BCUT2D eigenvalue weighted by Gasteiger charge is -2.21. The van der Waals surface area contributed by atoms with Gasteiger partial charge in [0.25, 0.3) is 5.91 Å². The number of hydrogen-bond donors (Lipinski definition) is 2. The molecule has 0 aliphatic carbocycles. The lowest BCUT2D eigenvalue weighted by Crippen LogP contribution is -2.32. The van der Waals surface area contributed by atoms with Crippen molar-refractivity contribution in [3.8, 4) is 0 Å². The summed E-state index contributed by atoms with van der Waals surface area (Å²) >= 11 is 0. The molecule has 1 unspecified atom stereocenters. The molecule has 1 fully saturated rings. The standard InChI is InChI=1S/C16H19N3O2/c17-16(20)14-5-1-2-6-15(14)19-8-7-12(11-19)18-10-13-4-3-9-21-13/h1-6,9,12,18H,7-8,10-11H2,(H2,17,20). The van der Waals surface area contributed by atoms with Crippen molar-refractivity contribution in [3.63, 3.8) is 0 Å². The predicted molar refractivity (Wildman–Crippen MR) is 81.1 cm³/mol. The van der Waals surface area contributed by atoms with Gasteiger partial charge in [0.1, 0.15) is 5.76 Å². The Morgan fingerprint density at radius 1 is 1.33 bits per heavy atom. The number of anilines is 1. The summed E-state index contributed by atoms with van der Waals surface area (Å²) in [6, 6.07) is 11.7. The molecule has 2 aromatic rings. The van der Waals surface area contributed by atoms with Gasteiger partial charge in [-0.15, -0.1) is 0 Å². The van der Waals surface area contributed by atoms with Crippen molar-refractivity contribution in [1.82, 2.24) is 5.32 Å². The average molecular weight is 285 g/mol. The average Bonchev–Trinajstić information content (AvgIpc) is 3.16. The van der Waals surface area contributed by atoms with Crippen LogP contribution >= 0.6 is 0 Å². The molecule has 5 nitrogen and oxygen atoms in total. The molecular weight excluding hydrogens is 266 g/mol. The number of nitrogens with one attached hydrogen (secondary N) is 1. The lowest BCUT2D eigenvalue weighted by molar-refractivity contribution is 0.100. The van der Waals surface area contributed by atoms with Crippen LogP contribution in [0.2, 0.25) is 0 Å². The summed E-state index contributed by atoms with van der Waals surface area (Å²) < 4.78 is 5.32. The van der Waals surface area contributed by atoms with Gasteiger partial charge >= 0.3 is 0 Å². The summed E-state index contributed by atoms with van der Waals surface area (Å²) in [5.74, 6) is 0.559. The first kappa shape index (κ1) is 13.7. The zero-order chi connectivity index (χ0) is 14.7. The van der Waals surface area contributed by atoms with Crippen LogP contribution in [0.25, 0.3) is 0 Å². The molecule has 0 radical (unpaired) electrons. The van der Waals surface area contributed by atoms with E-state index in [2.05, 4.69) is 10.2 Å². The normalized spacial score (nSPS) is 18.1. The van der Waals surface area contributed by atoms with Crippen molar-refractivity contribution in [2.45, 2.75) is 19.0 Å². The van der Waals surface area contributed by atoms with E-state index >= 15 is 0 Å². The van der Waals surface area contributed by atoms with E-state index in [4.69, 9.17) is 10.2 Å². The van der Waals surface area contributed by atoms with E-state index in [1.807, 2.05) is 30.3 Å². The van der Waals surface area contributed by atoms with Gasteiger partial charge in [0, 0.05) is 24.8 Å². The molecule has 1 aromatic heterocycles. The first-order valence-electron chi connectivity index (χ1n) is 7.13. The molecule has 1 aliphatic heterocycles. The van der Waals surface area contributed by atoms with Gasteiger partial charge in [-0.25, -0.2) is 0 Å². The van der Waals surface area contributed by atoms with E-state index in [0.717, 1.165) is 37.5 Å². The quantitative estimate of drug-likeness (QED) is 0.878. The highest BCUT2D eigenvalue weighted by atomic mass is 16.3. The minimum absolute atomic E-state index is 0.377. The van der Waals surface area contributed by atoms with E-state index in [1.165, 1.54) is 0 Å². The van der Waals surface area contributed by atoms with Crippen LogP contribution in [0.15, 0.2) is 47.1 Å².